The van der Waals surface area contributed by atoms with E-state index < -0.39 is 0 Å². The summed E-state index contributed by atoms with van der Waals surface area (Å²) in [6, 6.07) is 14.3. The molecule has 2 aromatic heterocycles. The van der Waals surface area contributed by atoms with E-state index >= 15 is 0 Å². The minimum Gasteiger partial charge on any atom is -0.489 e. The van der Waals surface area contributed by atoms with E-state index in [1.165, 1.54) is 5.56 Å². The summed E-state index contributed by atoms with van der Waals surface area (Å²) in [6.07, 6.45) is 1.90. The highest BCUT2D eigenvalue weighted by Gasteiger charge is 2.21. The van der Waals surface area contributed by atoms with Crippen molar-refractivity contribution in [3.8, 4) is 28.5 Å². The molecule has 1 aliphatic heterocycles. The SMILES string of the molecule is Cc1cccc(-c2nc(-c3cccc(C)n3)nc3c2OCCC3)c1. The van der Waals surface area contributed by atoms with E-state index in [-0.39, 0.29) is 0 Å². The fraction of sp³-hybridized carbons (Fsp3) is 0.250. The van der Waals surface area contributed by atoms with Crippen molar-refractivity contribution >= 4 is 0 Å². The van der Waals surface area contributed by atoms with Gasteiger partial charge in [0.1, 0.15) is 11.4 Å². The van der Waals surface area contributed by atoms with Crippen LogP contribution >= 0.6 is 0 Å². The summed E-state index contributed by atoms with van der Waals surface area (Å²) < 4.78 is 5.92. The van der Waals surface area contributed by atoms with Crippen LogP contribution in [-0.4, -0.2) is 21.6 Å². The molecule has 0 spiro atoms. The lowest BCUT2D eigenvalue weighted by Gasteiger charge is -2.20. The van der Waals surface area contributed by atoms with Gasteiger partial charge < -0.3 is 4.74 Å². The molecule has 4 nitrogen and oxygen atoms in total. The van der Waals surface area contributed by atoms with Crippen molar-refractivity contribution in [1.29, 1.82) is 0 Å². The van der Waals surface area contributed by atoms with Gasteiger partial charge >= 0.3 is 0 Å². The maximum atomic E-state index is 5.92. The molecule has 4 rings (SSSR count). The third-order valence-electron chi connectivity index (χ3n) is 4.15. The molecule has 4 heteroatoms. The van der Waals surface area contributed by atoms with Crippen molar-refractivity contribution in [3.05, 3.63) is 59.4 Å². The second-order valence-electron chi connectivity index (χ2n) is 6.16. The third-order valence-corrected chi connectivity index (χ3v) is 4.15. The maximum absolute atomic E-state index is 5.92. The van der Waals surface area contributed by atoms with E-state index in [2.05, 4.69) is 30.1 Å². The van der Waals surface area contributed by atoms with E-state index in [1.807, 2.05) is 31.2 Å². The molecule has 0 N–H and O–H groups in total. The Morgan fingerprint density at radius 3 is 2.67 bits per heavy atom. The summed E-state index contributed by atoms with van der Waals surface area (Å²) >= 11 is 0. The predicted molar refractivity (Wildman–Crippen MR) is 94.0 cm³/mol. The van der Waals surface area contributed by atoms with Crippen LogP contribution < -0.4 is 4.74 Å². The molecule has 0 amide bonds. The van der Waals surface area contributed by atoms with Crippen LogP contribution in [0.15, 0.2) is 42.5 Å². The molecule has 0 saturated carbocycles. The third kappa shape index (κ3) is 2.75. The van der Waals surface area contributed by atoms with Gasteiger partial charge in [-0.05, 0) is 44.9 Å². The Kier molecular flexibility index (Phi) is 3.73. The Labute approximate surface area is 141 Å². The van der Waals surface area contributed by atoms with Gasteiger partial charge in [0, 0.05) is 11.3 Å². The topological polar surface area (TPSA) is 47.9 Å². The molecule has 1 aliphatic rings. The molecule has 3 aromatic rings. The largest absolute Gasteiger partial charge is 0.489 e. The summed E-state index contributed by atoms with van der Waals surface area (Å²) in [6.45, 7) is 4.78. The highest BCUT2D eigenvalue weighted by atomic mass is 16.5. The number of pyridine rings is 1. The van der Waals surface area contributed by atoms with E-state index in [0.29, 0.717) is 5.82 Å². The standard InChI is InChI=1S/C20H19N3O/c1-13-6-3-8-15(12-13)18-19-16(10-5-11-24-19)22-20(23-18)17-9-4-7-14(2)21-17/h3-4,6-9,12H,5,10-11H2,1-2H3. The molecule has 1 aromatic carbocycles. The van der Waals surface area contributed by atoms with Crippen molar-refractivity contribution < 1.29 is 4.74 Å². The highest BCUT2D eigenvalue weighted by Crippen LogP contribution is 2.35. The van der Waals surface area contributed by atoms with Crippen LogP contribution in [0.5, 0.6) is 5.75 Å². The minimum absolute atomic E-state index is 0.666. The van der Waals surface area contributed by atoms with E-state index in [4.69, 9.17) is 14.7 Å². The van der Waals surface area contributed by atoms with Gasteiger partial charge in [-0.2, -0.15) is 0 Å². The Morgan fingerprint density at radius 1 is 0.958 bits per heavy atom. The van der Waals surface area contributed by atoms with E-state index in [1.54, 1.807) is 0 Å². The number of benzene rings is 1. The van der Waals surface area contributed by atoms with E-state index in [0.717, 1.165) is 53.5 Å². The summed E-state index contributed by atoms with van der Waals surface area (Å²) in [4.78, 5) is 14.1. The Morgan fingerprint density at radius 2 is 1.83 bits per heavy atom. The average molecular weight is 317 g/mol. The van der Waals surface area contributed by atoms with Crippen LogP contribution in [0, 0.1) is 13.8 Å². The second kappa shape index (κ2) is 6.04. The molecule has 0 atom stereocenters. The first kappa shape index (κ1) is 14.8. The molecular formula is C20H19N3O. The van der Waals surface area contributed by atoms with Crippen molar-refractivity contribution in [3.63, 3.8) is 0 Å². The molecule has 0 aliphatic carbocycles. The van der Waals surface area contributed by atoms with Crippen LogP contribution in [0.25, 0.3) is 22.8 Å². The smallest absolute Gasteiger partial charge is 0.179 e. The van der Waals surface area contributed by atoms with Crippen molar-refractivity contribution in [1.82, 2.24) is 15.0 Å². The second-order valence-corrected chi connectivity index (χ2v) is 6.16. The monoisotopic (exact) mass is 317 g/mol. The molecule has 120 valence electrons. The zero-order valence-corrected chi connectivity index (χ0v) is 13.9. The molecule has 24 heavy (non-hydrogen) atoms. The highest BCUT2D eigenvalue weighted by molar-refractivity contribution is 5.70. The zero-order chi connectivity index (χ0) is 16.5. The first-order valence-corrected chi connectivity index (χ1v) is 8.25. The van der Waals surface area contributed by atoms with Gasteiger partial charge in [-0.25, -0.2) is 15.0 Å². The lowest BCUT2D eigenvalue weighted by molar-refractivity contribution is 0.285. The number of fused-ring (bicyclic) bond motifs is 1. The molecule has 0 fully saturated rings. The van der Waals surface area contributed by atoms with E-state index in [9.17, 15) is 0 Å². The Hall–Kier alpha value is -2.75. The first-order valence-electron chi connectivity index (χ1n) is 8.25. The van der Waals surface area contributed by atoms with Crippen LogP contribution in [0.1, 0.15) is 23.4 Å². The lowest BCUT2D eigenvalue weighted by Crippen LogP contribution is -2.13. The first-order chi connectivity index (χ1) is 11.7. The van der Waals surface area contributed by atoms with Crippen molar-refractivity contribution in [2.75, 3.05) is 6.61 Å². The molecule has 0 radical (unpaired) electrons. The summed E-state index contributed by atoms with van der Waals surface area (Å²) in [5, 5.41) is 0. The van der Waals surface area contributed by atoms with Gasteiger partial charge in [0.25, 0.3) is 0 Å². The number of ether oxygens (including phenoxy) is 1. The van der Waals surface area contributed by atoms with Gasteiger partial charge in [0.2, 0.25) is 0 Å². The van der Waals surface area contributed by atoms with Gasteiger partial charge in [0.05, 0.1) is 12.3 Å². The molecule has 3 heterocycles. The zero-order valence-electron chi connectivity index (χ0n) is 13.9. The van der Waals surface area contributed by atoms with Gasteiger partial charge in [-0.15, -0.1) is 0 Å². The summed E-state index contributed by atoms with van der Waals surface area (Å²) in [5.41, 5.74) is 5.86. The normalized spacial score (nSPS) is 13.2. The van der Waals surface area contributed by atoms with Crippen LogP contribution in [0.4, 0.5) is 0 Å². The quantitative estimate of drug-likeness (QED) is 0.712. The van der Waals surface area contributed by atoms with Crippen molar-refractivity contribution in [2.45, 2.75) is 26.7 Å². The van der Waals surface area contributed by atoms with Crippen molar-refractivity contribution in [2.24, 2.45) is 0 Å². The maximum Gasteiger partial charge on any atom is 0.179 e. The predicted octanol–water partition coefficient (Wildman–Crippen LogP) is 4.15. The Bertz CT molecular complexity index is 905. The minimum atomic E-state index is 0.666. The van der Waals surface area contributed by atoms with Gasteiger partial charge in [-0.3, -0.25) is 0 Å². The van der Waals surface area contributed by atoms with Crippen LogP contribution in [0.2, 0.25) is 0 Å². The average Bonchev–Trinajstić information content (AvgIpc) is 2.61. The number of hydrogen-bond donors (Lipinski definition) is 0. The number of hydrogen-bond acceptors (Lipinski definition) is 4. The summed E-state index contributed by atoms with van der Waals surface area (Å²) in [5.74, 6) is 1.49. The fourth-order valence-corrected chi connectivity index (χ4v) is 3.00. The van der Waals surface area contributed by atoms with Gasteiger partial charge in [0.15, 0.2) is 11.6 Å². The molecule has 0 bridgehead atoms. The van der Waals surface area contributed by atoms with Gasteiger partial charge in [-0.1, -0.05) is 29.8 Å². The number of aryl methyl sites for hydroxylation is 3. The number of aromatic nitrogens is 3. The van der Waals surface area contributed by atoms with Crippen LogP contribution in [0.3, 0.4) is 0 Å². The Balaban J connectivity index is 1.93. The number of nitrogens with zero attached hydrogens (tertiary/aromatic N) is 3. The lowest BCUT2D eigenvalue weighted by atomic mass is 10.0. The molecule has 0 unspecified atom stereocenters. The van der Waals surface area contributed by atoms with Crippen LogP contribution in [-0.2, 0) is 6.42 Å². The summed E-state index contributed by atoms with van der Waals surface area (Å²) in [7, 11) is 0. The fourth-order valence-electron chi connectivity index (χ4n) is 3.00. The molecule has 0 saturated heterocycles. The molecular weight excluding hydrogens is 298 g/mol. The number of rotatable bonds is 2.